The summed E-state index contributed by atoms with van der Waals surface area (Å²) in [6.07, 6.45) is 8.79. The Bertz CT molecular complexity index is 3130. The van der Waals surface area contributed by atoms with Crippen molar-refractivity contribution in [2.75, 3.05) is 0 Å². The van der Waals surface area contributed by atoms with E-state index in [2.05, 4.69) is 150 Å². The predicted octanol–water partition coefficient (Wildman–Crippen LogP) is 13.3. The predicted molar refractivity (Wildman–Crippen MR) is 230 cm³/mol. The van der Waals surface area contributed by atoms with Crippen LogP contribution in [0, 0.1) is 0 Å². The molecule has 11 rings (SSSR count). The first kappa shape index (κ1) is 31.4. The van der Waals surface area contributed by atoms with Crippen LogP contribution < -0.4 is 0 Å². The van der Waals surface area contributed by atoms with Crippen LogP contribution in [0.15, 0.2) is 182 Å². The molecule has 0 radical (unpaired) electrons. The molecule has 0 fully saturated rings. The zero-order valence-corrected chi connectivity index (χ0v) is 30.0. The van der Waals surface area contributed by atoms with Crippen LogP contribution in [-0.2, 0) is 0 Å². The molecule has 0 saturated carbocycles. The molecule has 0 aliphatic heterocycles. The summed E-state index contributed by atoms with van der Waals surface area (Å²) < 4.78 is 2.48. The van der Waals surface area contributed by atoms with Crippen molar-refractivity contribution >= 4 is 59.8 Å². The van der Waals surface area contributed by atoms with Crippen molar-refractivity contribution in [1.82, 2.24) is 19.5 Å². The first-order valence-corrected chi connectivity index (χ1v) is 18.9. The highest BCUT2D eigenvalue weighted by Gasteiger charge is 2.19. The van der Waals surface area contributed by atoms with Crippen LogP contribution in [0.1, 0.15) is 12.8 Å². The summed E-state index contributed by atoms with van der Waals surface area (Å²) in [6, 6.07) is 58.4. The third-order valence-electron chi connectivity index (χ3n) is 11.1. The van der Waals surface area contributed by atoms with E-state index in [1.807, 2.05) is 36.4 Å². The lowest BCUT2D eigenvalue weighted by Crippen LogP contribution is -2.00. The Morgan fingerprint density at radius 2 is 0.964 bits per heavy atom. The van der Waals surface area contributed by atoms with Crippen molar-refractivity contribution in [2.24, 2.45) is 0 Å². The second-order valence-corrected chi connectivity index (χ2v) is 14.3. The molecule has 0 unspecified atom stereocenters. The van der Waals surface area contributed by atoms with Gasteiger partial charge in [0.2, 0.25) is 0 Å². The minimum absolute atomic E-state index is 0.650. The highest BCUT2D eigenvalue weighted by Crippen LogP contribution is 2.43. The summed E-state index contributed by atoms with van der Waals surface area (Å²) in [5.41, 5.74) is 9.10. The molecule has 2 aromatic heterocycles. The molecule has 0 amide bonds. The lowest BCUT2D eigenvalue weighted by molar-refractivity contribution is 0.979. The third kappa shape index (κ3) is 5.18. The first-order valence-electron chi connectivity index (χ1n) is 18.9. The van der Waals surface area contributed by atoms with Crippen molar-refractivity contribution in [2.45, 2.75) is 12.8 Å². The third-order valence-corrected chi connectivity index (χ3v) is 11.1. The minimum Gasteiger partial charge on any atom is -0.313 e. The van der Waals surface area contributed by atoms with Gasteiger partial charge in [0.15, 0.2) is 17.5 Å². The van der Waals surface area contributed by atoms with Gasteiger partial charge in [-0.1, -0.05) is 158 Å². The smallest absolute Gasteiger partial charge is 0.164 e. The standard InChI is InChI=1S/C51H34N4/c1-4-15-33(16-5-1)49-52-50(34-17-6-2-7-18-34)54-51(53-49)36-28-30-44-45(31-36)40-22-11-10-21-39(40)43-25-14-24-38(48(43)44)35-27-29-42-41-23-12-13-26-46(41)55(47(42)32-35)37-19-8-3-9-20-37/h1-8,10-19,21-32H,9,20H2. The second kappa shape index (κ2) is 12.8. The van der Waals surface area contributed by atoms with Gasteiger partial charge >= 0.3 is 0 Å². The van der Waals surface area contributed by atoms with Crippen LogP contribution in [0.2, 0.25) is 0 Å². The van der Waals surface area contributed by atoms with Gasteiger partial charge in [-0.2, -0.15) is 0 Å². The van der Waals surface area contributed by atoms with Gasteiger partial charge in [0.1, 0.15) is 0 Å². The van der Waals surface area contributed by atoms with E-state index in [9.17, 15) is 0 Å². The van der Waals surface area contributed by atoms with Gasteiger partial charge in [-0.15, -0.1) is 0 Å². The lowest BCUT2D eigenvalue weighted by atomic mass is 9.88. The number of hydrogen-bond acceptors (Lipinski definition) is 3. The number of hydrogen-bond donors (Lipinski definition) is 0. The average molecular weight is 703 g/mol. The summed E-state index contributed by atoms with van der Waals surface area (Å²) in [5.74, 6) is 1.96. The van der Waals surface area contributed by atoms with Crippen LogP contribution >= 0.6 is 0 Å². The zero-order valence-electron chi connectivity index (χ0n) is 30.0. The van der Waals surface area contributed by atoms with E-state index in [4.69, 9.17) is 15.0 Å². The molecular weight excluding hydrogens is 669 g/mol. The molecule has 0 bridgehead atoms. The van der Waals surface area contributed by atoms with E-state index in [0.717, 1.165) is 29.5 Å². The highest BCUT2D eigenvalue weighted by atomic mass is 15.0. The topological polar surface area (TPSA) is 43.6 Å². The van der Waals surface area contributed by atoms with E-state index in [1.54, 1.807) is 0 Å². The number of fused-ring (bicyclic) bond motifs is 9. The summed E-state index contributed by atoms with van der Waals surface area (Å²) in [7, 11) is 0. The van der Waals surface area contributed by atoms with Crippen molar-refractivity contribution in [3.05, 3.63) is 182 Å². The lowest BCUT2D eigenvalue weighted by Gasteiger charge is -2.17. The SMILES string of the molecule is C1=CCCC(n2c3ccccc3c3ccc(-c4cccc5c6ccccc6c6cc(-c7nc(-c8ccccc8)nc(-c8ccccc8)n7)ccc6c45)cc32)=C1. The summed E-state index contributed by atoms with van der Waals surface area (Å²) in [5, 5.41) is 9.85. The molecule has 1 aliphatic rings. The van der Waals surface area contributed by atoms with Gasteiger partial charge in [-0.05, 0) is 80.6 Å². The van der Waals surface area contributed by atoms with Gasteiger partial charge < -0.3 is 4.57 Å². The Morgan fingerprint density at radius 1 is 0.400 bits per heavy atom. The number of allylic oxidation sites excluding steroid dienone is 4. The molecule has 4 heteroatoms. The Labute approximate surface area is 318 Å². The molecule has 10 aromatic rings. The summed E-state index contributed by atoms with van der Waals surface area (Å²) in [6.45, 7) is 0. The van der Waals surface area contributed by atoms with Crippen molar-refractivity contribution in [1.29, 1.82) is 0 Å². The number of benzene rings is 8. The maximum Gasteiger partial charge on any atom is 0.164 e. The first-order chi connectivity index (χ1) is 27.3. The van der Waals surface area contributed by atoms with Crippen LogP contribution in [0.5, 0.6) is 0 Å². The largest absolute Gasteiger partial charge is 0.313 e. The molecule has 0 saturated heterocycles. The average Bonchev–Trinajstić information content (AvgIpc) is 3.60. The van der Waals surface area contributed by atoms with Gasteiger partial charge in [-0.3, -0.25) is 0 Å². The fourth-order valence-electron chi connectivity index (χ4n) is 8.55. The molecule has 1 aliphatic carbocycles. The van der Waals surface area contributed by atoms with E-state index in [0.29, 0.717) is 17.5 Å². The maximum absolute atomic E-state index is 5.07. The molecule has 2 heterocycles. The molecular formula is C51H34N4. The minimum atomic E-state index is 0.650. The van der Waals surface area contributed by atoms with E-state index in [1.165, 1.54) is 70.9 Å². The molecule has 8 aromatic carbocycles. The highest BCUT2D eigenvalue weighted by molar-refractivity contribution is 6.29. The van der Waals surface area contributed by atoms with Gasteiger partial charge in [0.05, 0.1) is 11.0 Å². The zero-order chi connectivity index (χ0) is 36.3. The van der Waals surface area contributed by atoms with Crippen molar-refractivity contribution in [3.8, 4) is 45.3 Å². The molecule has 0 N–H and O–H groups in total. The van der Waals surface area contributed by atoms with Gasteiger partial charge in [0.25, 0.3) is 0 Å². The van der Waals surface area contributed by atoms with Crippen molar-refractivity contribution in [3.63, 3.8) is 0 Å². The monoisotopic (exact) mass is 702 g/mol. The van der Waals surface area contributed by atoms with E-state index < -0.39 is 0 Å². The Morgan fingerprint density at radius 3 is 1.67 bits per heavy atom. The molecule has 55 heavy (non-hydrogen) atoms. The summed E-state index contributed by atoms with van der Waals surface area (Å²) in [4.78, 5) is 15.1. The number of rotatable bonds is 5. The maximum atomic E-state index is 5.07. The molecule has 0 atom stereocenters. The fourth-order valence-corrected chi connectivity index (χ4v) is 8.55. The molecule has 4 nitrogen and oxygen atoms in total. The van der Waals surface area contributed by atoms with Gasteiger partial charge in [-0.25, -0.2) is 15.0 Å². The van der Waals surface area contributed by atoms with E-state index in [-0.39, 0.29) is 0 Å². The quantitative estimate of drug-likeness (QED) is 0.168. The molecule has 0 spiro atoms. The van der Waals surface area contributed by atoms with Crippen LogP contribution in [0.25, 0.3) is 105 Å². The number of aromatic nitrogens is 4. The number of para-hydroxylation sites is 1. The number of nitrogens with zero attached hydrogens (tertiary/aromatic N) is 4. The van der Waals surface area contributed by atoms with Crippen LogP contribution in [-0.4, -0.2) is 19.5 Å². The Kier molecular flexibility index (Phi) is 7.27. The van der Waals surface area contributed by atoms with Crippen molar-refractivity contribution < 1.29 is 0 Å². The second-order valence-electron chi connectivity index (χ2n) is 14.3. The van der Waals surface area contributed by atoms with Crippen LogP contribution in [0.4, 0.5) is 0 Å². The van der Waals surface area contributed by atoms with Crippen LogP contribution in [0.3, 0.4) is 0 Å². The molecule has 258 valence electrons. The Balaban J connectivity index is 1.15. The van der Waals surface area contributed by atoms with E-state index >= 15 is 0 Å². The summed E-state index contributed by atoms with van der Waals surface area (Å²) >= 11 is 0. The Hall–Kier alpha value is -7.17. The normalized spacial score (nSPS) is 13.0. The fraction of sp³-hybridized carbons (Fsp3) is 0.0392. The van der Waals surface area contributed by atoms with Gasteiger partial charge in [0, 0.05) is 33.2 Å².